The monoisotopic (exact) mass is 394 g/mol. The van der Waals surface area contributed by atoms with E-state index in [-0.39, 0.29) is 11.8 Å². The summed E-state index contributed by atoms with van der Waals surface area (Å²) in [6.07, 6.45) is 0. The van der Waals surface area contributed by atoms with Gasteiger partial charge >= 0.3 is 0 Å². The molecule has 3 rings (SSSR count). The topological polar surface area (TPSA) is 67.4 Å². The lowest BCUT2D eigenvalue weighted by Crippen LogP contribution is -2.16. The normalized spacial score (nSPS) is 10.2. The number of rotatable bonds is 5. The lowest BCUT2D eigenvalue weighted by Gasteiger charge is -2.10. The van der Waals surface area contributed by atoms with E-state index in [1.54, 1.807) is 73.8 Å². The Labute approximate surface area is 168 Å². The number of hydrogen-bond donors (Lipinski definition) is 2. The number of methoxy groups -OCH3 is 1. The molecule has 0 heterocycles. The molecule has 28 heavy (non-hydrogen) atoms. The van der Waals surface area contributed by atoms with Crippen LogP contribution in [0.25, 0.3) is 0 Å². The maximum Gasteiger partial charge on any atom is 0.255 e. The molecule has 5 nitrogen and oxygen atoms in total. The molecule has 0 aliphatic heterocycles. The van der Waals surface area contributed by atoms with Crippen LogP contribution in [-0.4, -0.2) is 18.9 Å². The summed E-state index contributed by atoms with van der Waals surface area (Å²) >= 11 is 5.95. The van der Waals surface area contributed by atoms with E-state index in [1.165, 1.54) is 0 Å². The molecule has 0 bridgehead atoms. The predicted molar refractivity (Wildman–Crippen MR) is 112 cm³/mol. The highest BCUT2D eigenvalue weighted by molar-refractivity contribution is 6.30. The number of hydrogen-bond acceptors (Lipinski definition) is 3. The molecule has 0 saturated carbocycles. The number of nitrogens with one attached hydrogen (secondary N) is 2. The van der Waals surface area contributed by atoms with Crippen molar-refractivity contribution >= 4 is 34.8 Å². The third kappa shape index (κ3) is 4.69. The smallest absolute Gasteiger partial charge is 0.255 e. The molecule has 0 unspecified atom stereocenters. The number of ether oxygens (including phenoxy) is 1. The van der Waals surface area contributed by atoms with E-state index in [9.17, 15) is 9.59 Å². The van der Waals surface area contributed by atoms with Gasteiger partial charge in [0.25, 0.3) is 11.8 Å². The summed E-state index contributed by atoms with van der Waals surface area (Å²) in [6.45, 7) is 1.86. The molecule has 3 aromatic rings. The van der Waals surface area contributed by atoms with E-state index in [0.29, 0.717) is 33.3 Å². The second-order valence-electron chi connectivity index (χ2n) is 6.18. The Morgan fingerprint density at radius 1 is 0.857 bits per heavy atom. The van der Waals surface area contributed by atoms with Crippen LogP contribution in [0, 0.1) is 6.92 Å². The van der Waals surface area contributed by atoms with Crippen LogP contribution < -0.4 is 15.4 Å². The molecule has 3 aromatic carbocycles. The van der Waals surface area contributed by atoms with Crippen molar-refractivity contribution in [2.75, 3.05) is 17.7 Å². The molecule has 142 valence electrons. The van der Waals surface area contributed by atoms with Crippen molar-refractivity contribution < 1.29 is 14.3 Å². The minimum atomic E-state index is -0.303. The number of amides is 2. The summed E-state index contributed by atoms with van der Waals surface area (Å²) < 4.78 is 5.10. The van der Waals surface area contributed by atoms with Gasteiger partial charge in [0.05, 0.1) is 7.11 Å². The van der Waals surface area contributed by atoms with Gasteiger partial charge in [-0.3, -0.25) is 9.59 Å². The van der Waals surface area contributed by atoms with Crippen LogP contribution in [0.1, 0.15) is 26.3 Å². The van der Waals surface area contributed by atoms with E-state index in [0.717, 1.165) is 5.56 Å². The molecule has 0 radical (unpaired) electrons. The van der Waals surface area contributed by atoms with Crippen molar-refractivity contribution in [1.82, 2.24) is 0 Å². The Bertz CT molecular complexity index is 1020. The van der Waals surface area contributed by atoms with Gasteiger partial charge in [0, 0.05) is 27.5 Å². The van der Waals surface area contributed by atoms with Gasteiger partial charge in [-0.15, -0.1) is 0 Å². The van der Waals surface area contributed by atoms with Gasteiger partial charge in [0.15, 0.2) is 0 Å². The van der Waals surface area contributed by atoms with Crippen LogP contribution in [0.4, 0.5) is 11.4 Å². The Balaban J connectivity index is 1.73. The second-order valence-corrected chi connectivity index (χ2v) is 6.61. The fraction of sp³-hybridized carbons (Fsp3) is 0.0909. The van der Waals surface area contributed by atoms with Crippen molar-refractivity contribution in [3.05, 3.63) is 88.4 Å². The average molecular weight is 395 g/mol. The van der Waals surface area contributed by atoms with Crippen LogP contribution >= 0.6 is 11.6 Å². The molecular formula is C22H19ClN2O3. The Morgan fingerprint density at radius 2 is 1.50 bits per heavy atom. The van der Waals surface area contributed by atoms with Gasteiger partial charge in [-0.2, -0.15) is 0 Å². The van der Waals surface area contributed by atoms with Crippen LogP contribution in [0.3, 0.4) is 0 Å². The highest BCUT2D eigenvalue weighted by Crippen LogP contribution is 2.21. The first-order valence-electron chi connectivity index (χ1n) is 8.59. The zero-order valence-electron chi connectivity index (χ0n) is 15.5. The molecule has 0 fully saturated rings. The third-order valence-electron chi connectivity index (χ3n) is 4.17. The molecular weight excluding hydrogens is 376 g/mol. The summed E-state index contributed by atoms with van der Waals surface area (Å²) in [4.78, 5) is 25.1. The molecule has 0 saturated heterocycles. The van der Waals surface area contributed by atoms with Crippen LogP contribution in [0.15, 0.2) is 66.7 Å². The van der Waals surface area contributed by atoms with Crippen molar-refractivity contribution in [2.24, 2.45) is 0 Å². The fourth-order valence-electron chi connectivity index (χ4n) is 2.64. The largest absolute Gasteiger partial charge is 0.497 e. The lowest BCUT2D eigenvalue weighted by atomic mass is 10.1. The van der Waals surface area contributed by atoms with Crippen molar-refractivity contribution in [3.8, 4) is 5.75 Å². The summed E-state index contributed by atoms with van der Waals surface area (Å²) in [5, 5.41) is 6.24. The van der Waals surface area contributed by atoms with Gasteiger partial charge in [-0.1, -0.05) is 17.7 Å². The van der Waals surface area contributed by atoms with Crippen molar-refractivity contribution in [2.45, 2.75) is 6.92 Å². The predicted octanol–water partition coefficient (Wildman–Crippen LogP) is 5.16. The van der Waals surface area contributed by atoms with Gasteiger partial charge in [0.2, 0.25) is 0 Å². The third-order valence-corrected chi connectivity index (χ3v) is 4.41. The molecule has 0 aromatic heterocycles. The van der Waals surface area contributed by atoms with Gasteiger partial charge < -0.3 is 15.4 Å². The highest BCUT2D eigenvalue weighted by Gasteiger charge is 2.12. The molecule has 2 amide bonds. The first kappa shape index (κ1) is 19.5. The number of carbonyl (C=O) groups is 2. The number of benzene rings is 3. The molecule has 0 atom stereocenters. The molecule has 0 spiro atoms. The molecule has 0 aliphatic rings. The number of anilines is 2. The Morgan fingerprint density at radius 3 is 2.11 bits per heavy atom. The average Bonchev–Trinajstić information content (AvgIpc) is 2.70. The van der Waals surface area contributed by atoms with Crippen LogP contribution in [0.5, 0.6) is 5.75 Å². The van der Waals surface area contributed by atoms with E-state index in [1.807, 2.05) is 6.92 Å². The first-order chi connectivity index (χ1) is 13.5. The van der Waals surface area contributed by atoms with Gasteiger partial charge in [-0.25, -0.2) is 0 Å². The zero-order chi connectivity index (χ0) is 20.1. The summed E-state index contributed by atoms with van der Waals surface area (Å²) in [5.74, 6) is 0.0983. The second kappa shape index (κ2) is 8.59. The first-order valence-corrected chi connectivity index (χ1v) is 8.97. The maximum absolute atomic E-state index is 12.6. The molecule has 2 N–H and O–H groups in total. The van der Waals surface area contributed by atoms with Crippen molar-refractivity contribution in [3.63, 3.8) is 0 Å². The lowest BCUT2D eigenvalue weighted by molar-refractivity contribution is 0.102. The number of halogens is 1. The summed E-state index contributed by atoms with van der Waals surface area (Å²) in [5.41, 5.74) is 2.93. The highest BCUT2D eigenvalue weighted by atomic mass is 35.5. The molecule has 0 aliphatic carbocycles. The zero-order valence-corrected chi connectivity index (χ0v) is 16.2. The quantitative estimate of drug-likeness (QED) is 0.628. The van der Waals surface area contributed by atoms with Crippen molar-refractivity contribution in [1.29, 1.82) is 0 Å². The standard InChI is InChI=1S/C22H19ClN2O3/c1-14-12-17(23)6-11-20(14)25-22(27)16-5-3-4-15(13-16)21(26)24-18-7-9-19(28-2)10-8-18/h3-13H,1-2H3,(H,24,26)(H,25,27). The number of aryl methyl sites for hydroxylation is 1. The minimum Gasteiger partial charge on any atom is -0.497 e. The van der Waals surface area contributed by atoms with E-state index in [2.05, 4.69) is 10.6 Å². The van der Waals surface area contributed by atoms with E-state index < -0.39 is 0 Å². The fourth-order valence-corrected chi connectivity index (χ4v) is 2.87. The Kier molecular flexibility index (Phi) is 5.96. The van der Waals surface area contributed by atoms with E-state index >= 15 is 0 Å². The Hall–Kier alpha value is -3.31. The number of carbonyl (C=O) groups excluding carboxylic acids is 2. The van der Waals surface area contributed by atoms with Crippen LogP contribution in [-0.2, 0) is 0 Å². The molecule has 6 heteroatoms. The summed E-state index contributed by atoms with van der Waals surface area (Å²) in [7, 11) is 1.58. The van der Waals surface area contributed by atoms with Gasteiger partial charge in [-0.05, 0) is 73.2 Å². The van der Waals surface area contributed by atoms with E-state index in [4.69, 9.17) is 16.3 Å². The maximum atomic E-state index is 12.6. The SMILES string of the molecule is COc1ccc(NC(=O)c2cccc(C(=O)Nc3ccc(Cl)cc3C)c2)cc1. The minimum absolute atomic E-state index is 0.301. The van der Waals surface area contributed by atoms with Gasteiger partial charge in [0.1, 0.15) is 5.75 Å². The van der Waals surface area contributed by atoms with Crippen LogP contribution in [0.2, 0.25) is 5.02 Å². The summed E-state index contributed by atoms with van der Waals surface area (Å²) in [6, 6.07) is 18.8.